The molecule has 1 aromatic heterocycles. The lowest BCUT2D eigenvalue weighted by Gasteiger charge is -2.10. The molecule has 1 heterocycles. The Morgan fingerprint density at radius 3 is 2.71 bits per heavy atom. The van der Waals surface area contributed by atoms with Crippen molar-refractivity contribution in [2.75, 3.05) is 6.54 Å². The molecule has 0 aliphatic heterocycles. The van der Waals surface area contributed by atoms with E-state index in [0.717, 1.165) is 12.8 Å². The molecule has 1 fully saturated rings. The molecule has 7 nitrogen and oxygen atoms in total. The number of nitrogens with one attached hydrogen (secondary N) is 2. The first-order valence-electron chi connectivity index (χ1n) is 7.21. The Morgan fingerprint density at radius 1 is 1.48 bits per heavy atom. The molecule has 4 N–H and O–H groups in total. The molecule has 2 rings (SSSR count). The van der Waals surface area contributed by atoms with Crippen molar-refractivity contribution in [3.8, 4) is 0 Å². The van der Waals surface area contributed by atoms with E-state index in [-0.39, 0.29) is 10.6 Å². The van der Waals surface area contributed by atoms with Gasteiger partial charge < -0.3 is 5.32 Å². The first-order chi connectivity index (χ1) is 9.82. The van der Waals surface area contributed by atoms with Gasteiger partial charge in [0.25, 0.3) is 5.91 Å². The molecular weight excluding hydrogens is 292 g/mol. The third kappa shape index (κ3) is 3.62. The van der Waals surface area contributed by atoms with Crippen LogP contribution in [0.1, 0.15) is 49.3 Å². The number of hydrogen-bond donors (Lipinski definition) is 3. The Morgan fingerprint density at radius 2 is 2.19 bits per heavy atom. The normalized spacial score (nSPS) is 22.4. The Kier molecular flexibility index (Phi) is 4.67. The summed E-state index contributed by atoms with van der Waals surface area (Å²) in [5, 5.41) is 14.3. The minimum Gasteiger partial charge on any atom is -0.350 e. The monoisotopic (exact) mass is 314 g/mol. The average molecular weight is 314 g/mol. The summed E-state index contributed by atoms with van der Waals surface area (Å²) in [4.78, 5) is 12.0. The van der Waals surface area contributed by atoms with Crippen LogP contribution in [-0.2, 0) is 16.4 Å². The van der Waals surface area contributed by atoms with Crippen LogP contribution in [0.4, 0.5) is 0 Å². The molecule has 1 aliphatic rings. The van der Waals surface area contributed by atoms with E-state index in [2.05, 4.69) is 22.4 Å². The van der Waals surface area contributed by atoms with E-state index in [4.69, 9.17) is 5.14 Å². The summed E-state index contributed by atoms with van der Waals surface area (Å²) >= 11 is 0. The van der Waals surface area contributed by atoms with E-state index >= 15 is 0 Å². The van der Waals surface area contributed by atoms with Gasteiger partial charge in [-0.1, -0.05) is 20.3 Å². The van der Waals surface area contributed by atoms with Gasteiger partial charge in [0.15, 0.2) is 5.69 Å². The summed E-state index contributed by atoms with van der Waals surface area (Å²) in [5.74, 6) is 0.643. The summed E-state index contributed by atoms with van der Waals surface area (Å²) in [7, 11) is -3.98. The molecule has 118 valence electrons. The Labute approximate surface area is 124 Å². The lowest BCUT2D eigenvalue weighted by Crippen LogP contribution is -2.30. The van der Waals surface area contributed by atoms with Crippen molar-refractivity contribution >= 4 is 15.9 Å². The number of nitrogens with two attached hydrogens (primary N) is 1. The molecule has 1 aliphatic carbocycles. The van der Waals surface area contributed by atoms with Gasteiger partial charge in [-0.15, -0.1) is 0 Å². The van der Waals surface area contributed by atoms with Gasteiger partial charge in [-0.05, 0) is 31.1 Å². The molecule has 8 heteroatoms. The van der Waals surface area contributed by atoms with E-state index < -0.39 is 15.9 Å². The lowest BCUT2D eigenvalue weighted by molar-refractivity contribution is 0.0938. The van der Waals surface area contributed by atoms with Crippen molar-refractivity contribution in [2.45, 2.75) is 44.4 Å². The zero-order valence-electron chi connectivity index (χ0n) is 12.3. The van der Waals surface area contributed by atoms with Crippen LogP contribution in [0.3, 0.4) is 0 Å². The van der Waals surface area contributed by atoms with E-state index in [9.17, 15) is 13.2 Å². The minimum absolute atomic E-state index is 0.139. The Hall–Kier alpha value is -1.41. The number of H-pyrrole nitrogens is 1. The van der Waals surface area contributed by atoms with Crippen molar-refractivity contribution in [1.82, 2.24) is 15.5 Å². The number of aryl methyl sites for hydroxylation is 1. The molecule has 1 amide bonds. The molecule has 0 aromatic carbocycles. The number of rotatable bonds is 5. The van der Waals surface area contributed by atoms with Gasteiger partial charge >= 0.3 is 0 Å². The van der Waals surface area contributed by atoms with E-state index in [1.165, 1.54) is 6.42 Å². The number of hydrogen-bond acceptors (Lipinski definition) is 4. The quantitative estimate of drug-likeness (QED) is 0.744. The van der Waals surface area contributed by atoms with Crippen molar-refractivity contribution in [3.63, 3.8) is 0 Å². The van der Waals surface area contributed by atoms with Gasteiger partial charge in [-0.25, -0.2) is 13.6 Å². The van der Waals surface area contributed by atoms with Gasteiger partial charge in [0.2, 0.25) is 10.0 Å². The molecule has 0 radical (unpaired) electrons. The fourth-order valence-electron chi connectivity index (χ4n) is 2.90. The van der Waals surface area contributed by atoms with Crippen molar-refractivity contribution in [3.05, 3.63) is 11.4 Å². The molecular formula is C13H22N4O3S. The van der Waals surface area contributed by atoms with E-state index in [1.807, 2.05) is 0 Å². The molecule has 1 aromatic rings. The lowest BCUT2D eigenvalue weighted by atomic mass is 10.1. The standard InChI is InChI=1S/C13H22N4O3S/c1-3-10-12(21(14,19)20)11(17-16-10)13(18)15-7-9-5-4-8(2)6-9/h8-9H,3-7H2,1-2H3,(H,15,18)(H,16,17)(H2,14,19,20). The SMILES string of the molecule is CCc1[nH]nc(C(=O)NCC2CCC(C)C2)c1S(N)(=O)=O. The maximum Gasteiger partial charge on any atom is 0.273 e. The summed E-state index contributed by atoms with van der Waals surface area (Å²) in [6, 6.07) is 0. The number of primary sulfonamides is 1. The van der Waals surface area contributed by atoms with Crippen LogP contribution in [0.2, 0.25) is 0 Å². The van der Waals surface area contributed by atoms with Crippen LogP contribution in [-0.4, -0.2) is 31.1 Å². The second-order valence-electron chi connectivity index (χ2n) is 5.77. The molecule has 0 bridgehead atoms. The predicted octanol–water partition coefficient (Wildman–Crippen LogP) is 0.785. The summed E-state index contributed by atoms with van der Waals surface area (Å²) in [6.45, 7) is 4.51. The summed E-state index contributed by atoms with van der Waals surface area (Å²) in [6.07, 6.45) is 3.75. The van der Waals surface area contributed by atoms with E-state index in [0.29, 0.717) is 30.5 Å². The molecule has 21 heavy (non-hydrogen) atoms. The highest BCUT2D eigenvalue weighted by Gasteiger charge is 2.28. The number of sulfonamides is 1. The molecule has 0 spiro atoms. The van der Waals surface area contributed by atoms with Crippen molar-refractivity contribution in [1.29, 1.82) is 0 Å². The van der Waals surface area contributed by atoms with Gasteiger partial charge in [0.1, 0.15) is 4.90 Å². The molecule has 2 atom stereocenters. The summed E-state index contributed by atoms with van der Waals surface area (Å²) in [5.41, 5.74) is 0.220. The average Bonchev–Trinajstić information content (AvgIpc) is 3.01. The Bertz CT molecular complexity index is 623. The number of aromatic amines is 1. The topological polar surface area (TPSA) is 118 Å². The van der Waals surface area contributed by atoms with Crippen LogP contribution in [0, 0.1) is 11.8 Å². The highest BCUT2D eigenvalue weighted by Crippen LogP contribution is 2.29. The number of aromatic nitrogens is 2. The minimum atomic E-state index is -3.98. The van der Waals surface area contributed by atoms with Gasteiger partial charge in [-0.2, -0.15) is 5.10 Å². The zero-order chi connectivity index (χ0) is 15.6. The van der Waals surface area contributed by atoms with Crippen molar-refractivity contribution < 1.29 is 13.2 Å². The highest BCUT2D eigenvalue weighted by molar-refractivity contribution is 7.89. The van der Waals surface area contributed by atoms with Gasteiger partial charge in [-0.3, -0.25) is 9.89 Å². The smallest absolute Gasteiger partial charge is 0.273 e. The highest BCUT2D eigenvalue weighted by atomic mass is 32.2. The predicted molar refractivity (Wildman–Crippen MR) is 78.2 cm³/mol. The van der Waals surface area contributed by atoms with Crippen LogP contribution in [0.15, 0.2) is 4.90 Å². The molecule has 2 unspecified atom stereocenters. The maximum absolute atomic E-state index is 12.2. The second-order valence-corrected chi connectivity index (χ2v) is 7.27. The van der Waals surface area contributed by atoms with Gasteiger partial charge in [0, 0.05) is 6.54 Å². The fraction of sp³-hybridized carbons (Fsp3) is 0.692. The van der Waals surface area contributed by atoms with Crippen LogP contribution in [0.25, 0.3) is 0 Å². The van der Waals surface area contributed by atoms with E-state index in [1.54, 1.807) is 6.92 Å². The Balaban J connectivity index is 2.11. The zero-order valence-corrected chi connectivity index (χ0v) is 13.2. The molecule has 1 saturated carbocycles. The van der Waals surface area contributed by atoms with Crippen LogP contribution in [0.5, 0.6) is 0 Å². The number of carbonyl (C=O) groups excluding carboxylic acids is 1. The third-order valence-electron chi connectivity index (χ3n) is 4.00. The fourth-order valence-corrected chi connectivity index (χ4v) is 3.84. The van der Waals surface area contributed by atoms with Crippen LogP contribution >= 0.6 is 0 Å². The molecule has 0 saturated heterocycles. The first-order valence-corrected chi connectivity index (χ1v) is 8.75. The van der Waals surface area contributed by atoms with Crippen molar-refractivity contribution in [2.24, 2.45) is 17.0 Å². The first kappa shape index (κ1) is 16.0. The number of carbonyl (C=O) groups is 1. The summed E-state index contributed by atoms with van der Waals surface area (Å²) < 4.78 is 23.3. The van der Waals surface area contributed by atoms with Gasteiger partial charge in [0.05, 0.1) is 5.69 Å². The maximum atomic E-state index is 12.2. The number of amides is 1. The second kappa shape index (κ2) is 6.15. The largest absolute Gasteiger partial charge is 0.350 e. The third-order valence-corrected chi connectivity index (χ3v) is 5.01. The number of nitrogens with zero attached hydrogens (tertiary/aromatic N) is 1. The van der Waals surface area contributed by atoms with Crippen LogP contribution < -0.4 is 10.5 Å².